The van der Waals surface area contributed by atoms with Gasteiger partial charge in [0.25, 0.3) is 0 Å². The highest BCUT2D eigenvalue weighted by molar-refractivity contribution is 6.34. The molecule has 0 saturated heterocycles. The molecule has 8 heteroatoms. The van der Waals surface area contributed by atoms with E-state index in [0.717, 1.165) is 0 Å². The monoisotopic (exact) mass is 419 g/mol. The molecular formula is C20H19Cl2N3O3. The summed E-state index contributed by atoms with van der Waals surface area (Å²) in [6.07, 6.45) is 0.165. The first-order valence-corrected chi connectivity index (χ1v) is 9.00. The summed E-state index contributed by atoms with van der Waals surface area (Å²) in [5.41, 5.74) is 12.9. The lowest BCUT2D eigenvalue weighted by Gasteiger charge is -2.12. The van der Waals surface area contributed by atoms with Crippen LogP contribution in [0.4, 0.5) is 0 Å². The zero-order chi connectivity index (χ0) is 20.7. The van der Waals surface area contributed by atoms with Gasteiger partial charge in [-0.3, -0.25) is 9.79 Å². The Morgan fingerprint density at radius 2 is 1.61 bits per heavy atom. The quantitative estimate of drug-likeness (QED) is 0.235. The molecule has 0 aromatic heterocycles. The van der Waals surface area contributed by atoms with Gasteiger partial charge in [0.15, 0.2) is 6.61 Å². The van der Waals surface area contributed by atoms with Crippen LogP contribution in [-0.4, -0.2) is 31.2 Å². The normalized spacial score (nSPS) is 12.3. The molecule has 0 unspecified atom stereocenters. The SMILES string of the molecule is CN=C(N)/C(C(=O)OCC(=O)c1ccccc1Cl)=C(\N)Cc1ccccc1Cl. The molecule has 28 heavy (non-hydrogen) atoms. The van der Waals surface area contributed by atoms with Gasteiger partial charge in [0.2, 0.25) is 5.78 Å². The predicted molar refractivity (Wildman–Crippen MR) is 111 cm³/mol. The maximum atomic E-state index is 12.5. The third-order valence-electron chi connectivity index (χ3n) is 3.87. The summed E-state index contributed by atoms with van der Waals surface area (Å²) < 4.78 is 5.11. The van der Waals surface area contributed by atoms with Gasteiger partial charge in [-0.2, -0.15) is 0 Å². The molecule has 0 amide bonds. The molecule has 0 saturated carbocycles. The van der Waals surface area contributed by atoms with Crippen LogP contribution in [-0.2, 0) is 16.0 Å². The number of allylic oxidation sites excluding steroid dienone is 1. The first-order chi connectivity index (χ1) is 13.3. The number of ether oxygens (including phenoxy) is 1. The number of rotatable bonds is 7. The zero-order valence-corrected chi connectivity index (χ0v) is 16.6. The third kappa shape index (κ3) is 5.34. The lowest BCUT2D eigenvalue weighted by atomic mass is 10.1. The highest BCUT2D eigenvalue weighted by Crippen LogP contribution is 2.19. The van der Waals surface area contributed by atoms with Crippen molar-refractivity contribution in [1.29, 1.82) is 0 Å². The molecule has 2 aromatic rings. The Morgan fingerprint density at radius 3 is 2.21 bits per heavy atom. The van der Waals surface area contributed by atoms with E-state index in [1.54, 1.807) is 48.5 Å². The van der Waals surface area contributed by atoms with Crippen LogP contribution in [0.1, 0.15) is 15.9 Å². The van der Waals surface area contributed by atoms with Crippen molar-refractivity contribution in [3.05, 3.63) is 81.0 Å². The summed E-state index contributed by atoms with van der Waals surface area (Å²) in [7, 11) is 1.42. The first-order valence-electron chi connectivity index (χ1n) is 8.24. The number of nitrogens with zero attached hydrogens (tertiary/aromatic N) is 1. The minimum absolute atomic E-state index is 0.0975. The molecule has 0 bridgehead atoms. The maximum Gasteiger partial charge on any atom is 0.344 e. The van der Waals surface area contributed by atoms with E-state index >= 15 is 0 Å². The minimum atomic E-state index is -0.854. The van der Waals surface area contributed by atoms with Crippen molar-refractivity contribution in [3.8, 4) is 0 Å². The molecule has 0 heterocycles. The van der Waals surface area contributed by atoms with Crippen LogP contribution in [0.3, 0.4) is 0 Å². The second-order valence-corrected chi connectivity index (χ2v) is 6.57. The Kier molecular flexibility index (Phi) is 7.61. The highest BCUT2D eigenvalue weighted by Gasteiger charge is 2.22. The lowest BCUT2D eigenvalue weighted by Crippen LogP contribution is -2.28. The van der Waals surface area contributed by atoms with Crippen LogP contribution in [0, 0.1) is 0 Å². The molecular weight excluding hydrogens is 401 g/mol. The fraction of sp³-hybridized carbons (Fsp3) is 0.150. The van der Waals surface area contributed by atoms with E-state index in [1.165, 1.54) is 7.05 Å². The summed E-state index contributed by atoms with van der Waals surface area (Å²) in [5, 5.41) is 0.770. The van der Waals surface area contributed by atoms with E-state index in [9.17, 15) is 9.59 Å². The number of nitrogens with two attached hydrogens (primary N) is 2. The van der Waals surface area contributed by atoms with Crippen LogP contribution in [0.25, 0.3) is 0 Å². The Hall–Kier alpha value is -2.83. The van der Waals surface area contributed by atoms with Gasteiger partial charge in [-0.25, -0.2) is 4.79 Å². The molecule has 0 fully saturated rings. The maximum absolute atomic E-state index is 12.5. The molecule has 146 valence electrons. The molecule has 0 radical (unpaired) electrons. The van der Waals surface area contributed by atoms with Crippen LogP contribution in [0.2, 0.25) is 10.0 Å². The fourth-order valence-electron chi connectivity index (χ4n) is 2.42. The number of aliphatic imine (C=N–C) groups is 1. The third-order valence-corrected chi connectivity index (χ3v) is 4.57. The number of esters is 1. The topological polar surface area (TPSA) is 108 Å². The summed E-state index contributed by atoms with van der Waals surface area (Å²) in [5.74, 6) is -1.40. The molecule has 2 rings (SSSR count). The summed E-state index contributed by atoms with van der Waals surface area (Å²) in [6.45, 7) is -0.511. The number of benzene rings is 2. The Morgan fingerprint density at radius 1 is 1.00 bits per heavy atom. The summed E-state index contributed by atoms with van der Waals surface area (Å²) >= 11 is 12.1. The average molecular weight is 420 g/mol. The molecule has 2 aromatic carbocycles. The van der Waals surface area contributed by atoms with Gasteiger partial charge in [-0.05, 0) is 23.8 Å². The lowest BCUT2D eigenvalue weighted by molar-refractivity contribution is -0.137. The molecule has 0 atom stereocenters. The van der Waals surface area contributed by atoms with Gasteiger partial charge in [0.1, 0.15) is 11.4 Å². The van der Waals surface area contributed by atoms with E-state index in [2.05, 4.69) is 4.99 Å². The second kappa shape index (κ2) is 9.92. The van der Waals surface area contributed by atoms with E-state index in [4.69, 9.17) is 39.4 Å². The molecule has 0 aliphatic carbocycles. The minimum Gasteiger partial charge on any atom is -0.454 e. The smallest absolute Gasteiger partial charge is 0.344 e. The Labute approximate surface area is 172 Å². The number of carbonyl (C=O) groups is 2. The molecule has 0 aliphatic heterocycles. The van der Waals surface area contributed by atoms with Crippen LogP contribution in [0.15, 0.2) is 64.8 Å². The Bertz CT molecular complexity index is 955. The van der Waals surface area contributed by atoms with Crippen molar-refractivity contribution in [2.75, 3.05) is 13.7 Å². The molecule has 0 aliphatic rings. The number of amidine groups is 1. The van der Waals surface area contributed by atoms with Crippen molar-refractivity contribution in [2.45, 2.75) is 6.42 Å². The number of carbonyl (C=O) groups excluding carboxylic acids is 2. The fourth-order valence-corrected chi connectivity index (χ4v) is 2.86. The van der Waals surface area contributed by atoms with Gasteiger partial charge in [0.05, 0.1) is 5.02 Å². The molecule has 0 spiro atoms. The Balaban J connectivity index is 2.20. The van der Waals surface area contributed by atoms with Gasteiger partial charge in [0, 0.05) is 29.8 Å². The van der Waals surface area contributed by atoms with Gasteiger partial charge in [-0.1, -0.05) is 53.5 Å². The predicted octanol–water partition coefficient (Wildman–Crippen LogP) is 3.16. The van der Waals surface area contributed by atoms with Gasteiger partial charge >= 0.3 is 5.97 Å². The number of halogens is 2. The summed E-state index contributed by atoms with van der Waals surface area (Å²) in [6, 6.07) is 13.5. The van der Waals surface area contributed by atoms with Crippen molar-refractivity contribution in [1.82, 2.24) is 0 Å². The van der Waals surface area contributed by atoms with Crippen molar-refractivity contribution < 1.29 is 14.3 Å². The number of hydrogen-bond acceptors (Lipinski definition) is 5. The van der Waals surface area contributed by atoms with Gasteiger partial charge < -0.3 is 16.2 Å². The largest absolute Gasteiger partial charge is 0.454 e. The van der Waals surface area contributed by atoms with Gasteiger partial charge in [-0.15, -0.1) is 0 Å². The van der Waals surface area contributed by atoms with E-state index < -0.39 is 18.4 Å². The van der Waals surface area contributed by atoms with Crippen molar-refractivity contribution >= 4 is 40.8 Å². The highest BCUT2D eigenvalue weighted by atomic mass is 35.5. The molecule has 4 N–H and O–H groups in total. The van der Waals surface area contributed by atoms with E-state index in [1.807, 2.05) is 0 Å². The van der Waals surface area contributed by atoms with Crippen LogP contribution in [0.5, 0.6) is 0 Å². The summed E-state index contributed by atoms with van der Waals surface area (Å²) in [4.78, 5) is 28.6. The second-order valence-electron chi connectivity index (χ2n) is 5.76. The molecule has 6 nitrogen and oxygen atoms in total. The van der Waals surface area contributed by atoms with Crippen molar-refractivity contribution in [2.24, 2.45) is 16.5 Å². The van der Waals surface area contributed by atoms with E-state index in [-0.39, 0.29) is 34.1 Å². The van der Waals surface area contributed by atoms with Crippen LogP contribution < -0.4 is 11.5 Å². The van der Waals surface area contributed by atoms with E-state index in [0.29, 0.717) is 10.6 Å². The standard InChI is InChI=1S/C20H19Cl2N3O3/c1-25-19(24)18(16(23)10-12-6-2-4-8-14(12)21)20(27)28-11-17(26)13-7-3-5-9-15(13)22/h2-9H,10-11,23H2,1H3,(H2,24,25)/b18-16+. The van der Waals surface area contributed by atoms with Crippen LogP contribution >= 0.6 is 23.2 Å². The van der Waals surface area contributed by atoms with Crippen molar-refractivity contribution in [3.63, 3.8) is 0 Å². The number of hydrogen-bond donors (Lipinski definition) is 2. The average Bonchev–Trinajstić information content (AvgIpc) is 2.68. The number of Topliss-reactive ketones (excluding diaryl/α,β-unsaturated/α-hetero) is 1. The first kappa shape index (κ1) is 21.5. The number of ketones is 1. The zero-order valence-electron chi connectivity index (χ0n) is 15.1.